The first-order valence-corrected chi connectivity index (χ1v) is 15.7. The summed E-state index contributed by atoms with van der Waals surface area (Å²) in [5, 5.41) is 61.3. The topological polar surface area (TPSA) is 160 Å². The number of aliphatic hydroxyl groups is 6. The number of carbonyl (C=O) groups excluding carboxylic acids is 1. The first kappa shape index (κ1) is 32.1. The Morgan fingerprint density at radius 3 is 2.27 bits per heavy atom. The third-order valence-corrected chi connectivity index (χ3v) is 12.4. The smallest absolute Gasteiger partial charge is 0.220 e. The van der Waals surface area contributed by atoms with E-state index >= 15 is 0 Å². The van der Waals surface area contributed by atoms with E-state index in [1.165, 1.54) is 25.7 Å². The normalized spacial score (nSPS) is 43.0. The molecule has 4 rings (SSSR count). The van der Waals surface area contributed by atoms with Crippen LogP contribution in [0.25, 0.3) is 0 Å². The van der Waals surface area contributed by atoms with Gasteiger partial charge >= 0.3 is 0 Å². The summed E-state index contributed by atoms with van der Waals surface area (Å²) in [7, 11) is 1.87. The Labute approximate surface area is 239 Å². The second kappa shape index (κ2) is 12.8. The van der Waals surface area contributed by atoms with Crippen LogP contribution in [0.1, 0.15) is 85.0 Å². The molecule has 0 aromatic rings. The number of amides is 1. The van der Waals surface area contributed by atoms with Crippen LogP contribution in [0.2, 0.25) is 0 Å². The van der Waals surface area contributed by atoms with Gasteiger partial charge in [-0.2, -0.15) is 0 Å². The van der Waals surface area contributed by atoms with Gasteiger partial charge in [-0.25, -0.2) is 0 Å². The molecule has 4 saturated carbocycles. The lowest BCUT2D eigenvalue weighted by atomic mass is 9.43. The van der Waals surface area contributed by atoms with Crippen molar-refractivity contribution in [3.8, 4) is 0 Å². The Hall–Kier alpha value is -0.810. The summed E-state index contributed by atoms with van der Waals surface area (Å²) >= 11 is 0. The van der Waals surface area contributed by atoms with Crippen molar-refractivity contribution in [3.05, 3.63) is 0 Å². The Morgan fingerprint density at radius 2 is 1.60 bits per heavy atom. The van der Waals surface area contributed by atoms with E-state index in [2.05, 4.69) is 26.1 Å². The van der Waals surface area contributed by atoms with Gasteiger partial charge in [0.05, 0.1) is 24.9 Å². The highest BCUT2D eigenvalue weighted by Crippen LogP contribution is 2.68. The zero-order chi connectivity index (χ0) is 29.4. The van der Waals surface area contributed by atoms with E-state index in [-0.39, 0.29) is 35.5 Å². The highest BCUT2D eigenvalue weighted by molar-refractivity contribution is 5.75. The van der Waals surface area contributed by atoms with Crippen LogP contribution >= 0.6 is 0 Å². The molecule has 0 aliphatic heterocycles. The molecule has 0 unspecified atom stereocenters. The monoisotopic (exact) mass is 569 g/mol. The predicted octanol–water partition coefficient (Wildman–Crippen LogP) is 1.60. The van der Waals surface area contributed by atoms with Crippen LogP contribution in [0.15, 0.2) is 0 Å². The quantitative estimate of drug-likeness (QED) is 0.198. The summed E-state index contributed by atoms with van der Waals surface area (Å²) < 4.78 is 6.20. The Morgan fingerprint density at radius 1 is 0.950 bits per heavy atom. The molecule has 7 N–H and O–H groups in total. The standard InChI is InChI=1S/C31H55NO8/c1-17(5-8-26(37)32-15-23(35)28(38)29(39)24(36)16-33)20-6-7-21-27-22(10-12-31(20,21)3)30(2)11-9-19(34)13-18(30)14-25(27)40-4/h17-25,27-29,33-36,38-39H,5-16H2,1-4H3,(H,32,37)/t17-,18+,19-,20-,21+,22+,23+,24-,25-,27+,28-,29-,30+,31-/m1/s1. The molecule has 232 valence electrons. The maximum atomic E-state index is 12.6. The fourth-order valence-electron chi connectivity index (χ4n) is 9.95. The van der Waals surface area contributed by atoms with Gasteiger partial charge in [-0.1, -0.05) is 20.8 Å². The van der Waals surface area contributed by atoms with Crippen molar-refractivity contribution >= 4 is 5.91 Å². The van der Waals surface area contributed by atoms with E-state index < -0.39 is 31.0 Å². The first-order valence-electron chi connectivity index (χ1n) is 15.7. The van der Waals surface area contributed by atoms with Crippen molar-refractivity contribution in [2.24, 2.45) is 46.3 Å². The molecule has 4 aliphatic carbocycles. The SMILES string of the molecule is CO[C@@H]1C[C@@H]2C[C@H](O)CC[C@]2(C)[C@H]2CC[C@]3(C)[C@@H]([C@H](C)CCC(=O)NC[C@H](O)[C@@H](O)[C@H](O)[C@H](O)CO)CC[C@H]3[C@H]12. The van der Waals surface area contributed by atoms with E-state index in [1.807, 2.05) is 7.11 Å². The summed E-state index contributed by atoms with van der Waals surface area (Å²) in [5.41, 5.74) is 0.502. The summed E-state index contributed by atoms with van der Waals surface area (Å²) in [5.74, 6) is 3.01. The minimum absolute atomic E-state index is 0.172. The van der Waals surface area contributed by atoms with Gasteiger partial charge in [0, 0.05) is 20.1 Å². The number of carbonyl (C=O) groups is 1. The number of hydrogen-bond donors (Lipinski definition) is 7. The van der Waals surface area contributed by atoms with Gasteiger partial charge in [0.2, 0.25) is 5.91 Å². The van der Waals surface area contributed by atoms with Gasteiger partial charge in [-0.3, -0.25) is 4.79 Å². The zero-order valence-corrected chi connectivity index (χ0v) is 24.9. The summed E-state index contributed by atoms with van der Waals surface area (Å²) in [6.07, 6.45) is 3.48. The molecule has 14 atom stereocenters. The van der Waals surface area contributed by atoms with Crippen molar-refractivity contribution in [1.82, 2.24) is 5.32 Å². The van der Waals surface area contributed by atoms with Crippen LogP contribution in [-0.4, -0.2) is 93.4 Å². The Kier molecular flexibility index (Phi) is 10.3. The number of rotatable bonds is 11. The number of methoxy groups -OCH3 is 1. The first-order chi connectivity index (χ1) is 18.9. The van der Waals surface area contributed by atoms with Crippen molar-refractivity contribution in [1.29, 1.82) is 0 Å². The molecule has 0 spiro atoms. The number of hydrogen-bond acceptors (Lipinski definition) is 8. The molecule has 9 heteroatoms. The Bertz CT molecular complexity index is 859. The molecular weight excluding hydrogens is 514 g/mol. The van der Waals surface area contributed by atoms with E-state index in [1.54, 1.807) is 0 Å². The molecule has 0 aromatic carbocycles. The molecule has 0 saturated heterocycles. The van der Waals surface area contributed by atoms with E-state index in [0.29, 0.717) is 41.9 Å². The van der Waals surface area contributed by atoms with Crippen LogP contribution in [0.3, 0.4) is 0 Å². The van der Waals surface area contributed by atoms with E-state index in [4.69, 9.17) is 9.84 Å². The van der Waals surface area contributed by atoms with Crippen molar-refractivity contribution in [2.45, 2.75) is 122 Å². The second-order valence-corrected chi connectivity index (χ2v) is 14.3. The number of ether oxygens (including phenoxy) is 1. The van der Waals surface area contributed by atoms with E-state index in [0.717, 1.165) is 32.1 Å². The van der Waals surface area contributed by atoms with Crippen molar-refractivity contribution in [3.63, 3.8) is 0 Å². The number of aliphatic hydroxyl groups excluding tert-OH is 6. The average molecular weight is 570 g/mol. The summed E-state index contributed by atoms with van der Waals surface area (Å²) in [6.45, 7) is 6.25. The van der Waals surface area contributed by atoms with E-state index in [9.17, 15) is 30.3 Å². The lowest BCUT2D eigenvalue weighted by molar-refractivity contribution is -0.181. The predicted molar refractivity (Wildman–Crippen MR) is 150 cm³/mol. The van der Waals surface area contributed by atoms with Crippen LogP contribution in [-0.2, 0) is 9.53 Å². The molecule has 4 fully saturated rings. The third kappa shape index (κ3) is 5.99. The van der Waals surface area contributed by atoms with Crippen LogP contribution < -0.4 is 5.32 Å². The molecule has 0 heterocycles. The largest absolute Gasteiger partial charge is 0.394 e. The Balaban J connectivity index is 1.33. The maximum Gasteiger partial charge on any atom is 0.220 e. The minimum atomic E-state index is -1.71. The molecule has 40 heavy (non-hydrogen) atoms. The van der Waals surface area contributed by atoms with Gasteiger partial charge in [0.15, 0.2) is 0 Å². The molecule has 9 nitrogen and oxygen atoms in total. The molecule has 4 aliphatic rings. The fraction of sp³-hybridized carbons (Fsp3) is 0.968. The van der Waals surface area contributed by atoms with Crippen LogP contribution in [0.4, 0.5) is 0 Å². The van der Waals surface area contributed by atoms with Gasteiger partial charge in [0.1, 0.15) is 18.3 Å². The van der Waals surface area contributed by atoms with Gasteiger partial charge in [-0.15, -0.1) is 0 Å². The fourth-order valence-corrected chi connectivity index (χ4v) is 9.95. The average Bonchev–Trinajstić information content (AvgIpc) is 3.30. The van der Waals surface area contributed by atoms with Gasteiger partial charge in [-0.05, 0) is 104 Å². The lowest BCUT2D eigenvalue weighted by Crippen LogP contribution is -2.59. The van der Waals surface area contributed by atoms with Gasteiger partial charge in [0.25, 0.3) is 0 Å². The molecule has 0 bridgehead atoms. The minimum Gasteiger partial charge on any atom is -0.394 e. The third-order valence-electron chi connectivity index (χ3n) is 12.4. The summed E-state index contributed by atoms with van der Waals surface area (Å²) in [6, 6.07) is 0. The highest BCUT2D eigenvalue weighted by atomic mass is 16.5. The van der Waals surface area contributed by atoms with Crippen LogP contribution in [0.5, 0.6) is 0 Å². The van der Waals surface area contributed by atoms with Crippen LogP contribution in [0, 0.1) is 46.3 Å². The maximum absolute atomic E-state index is 12.6. The zero-order valence-electron chi connectivity index (χ0n) is 24.9. The molecule has 0 aromatic heterocycles. The summed E-state index contributed by atoms with van der Waals surface area (Å²) in [4.78, 5) is 12.6. The molecule has 1 amide bonds. The number of nitrogens with one attached hydrogen (secondary N) is 1. The van der Waals surface area contributed by atoms with Crippen molar-refractivity contribution in [2.75, 3.05) is 20.3 Å². The highest BCUT2D eigenvalue weighted by Gasteiger charge is 2.63. The van der Waals surface area contributed by atoms with Crippen molar-refractivity contribution < 1.29 is 40.2 Å². The second-order valence-electron chi connectivity index (χ2n) is 14.3. The van der Waals surface area contributed by atoms with Gasteiger partial charge < -0.3 is 40.7 Å². The molecular formula is C31H55NO8. The number of fused-ring (bicyclic) bond motifs is 5. The lowest BCUT2D eigenvalue weighted by Gasteiger charge is -2.63. The molecule has 0 radical (unpaired) electrons.